The van der Waals surface area contributed by atoms with Gasteiger partial charge in [-0.25, -0.2) is 9.78 Å². The number of rotatable bonds is 23. The van der Waals surface area contributed by atoms with E-state index in [-0.39, 0.29) is 118 Å². The summed E-state index contributed by atoms with van der Waals surface area (Å²) in [7, 11) is 5.61. The standard InChI is InChI=1S/C78H99N9O19/c1-40(2)63(82-57(91)22-15-14-16-32-86-58(92)27-28-59(86)93)53(89)35-49(21-18-31-80-77(79)101)76(100)81-50-25-23-48(24-26-50)39-87(11,12)52-29-33-85(38-52)51-36-54(90)64-56(37-51)105-73-65(83-64)60-61-69(96)46(8)72-62(60)74(98)78(10,106-72)103-34-30-55(102-13)43(5)71(104-47(9)88)45(7)68(95)44(6)67(94)41(3)19-17-20-42(4)75(99)84-66(73)70(61)97/h17,19-20,23-28,30,34,36-37,40-41,43-45,49,52,55,63,67-68,71,94-95H,14-16,18,21-22,29,31-33,35,38-39H2,1-13H3,(H7-,79,80,81,82,83,84,90,91,92,93,96,97,98,99,100,101)/p+1/b19-17+,34-30+,42-20-/t41-,43+,44+,45+,49+,52+,55-,63-,67-,68+,71+,78-/m0/s1. The van der Waals surface area contributed by atoms with Crippen LogP contribution < -0.4 is 52.7 Å². The molecule has 1 aromatic heterocycles. The molecule has 0 aliphatic carbocycles. The van der Waals surface area contributed by atoms with E-state index in [0.29, 0.717) is 67.6 Å². The number of nitrogens with two attached hydrogens (primary N) is 1. The highest BCUT2D eigenvalue weighted by atomic mass is 16.7. The number of carbonyl (C=O) groups excluding carboxylic acids is 8. The van der Waals surface area contributed by atoms with Crippen molar-refractivity contribution >= 4 is 103 Å². The van der Waals surface area contributed by atoms with Gasteiger partial charge in [0.2, 0.25) is 22.7 Å². The second-order valence-corrected chi connectivity index (χ2v) is 29.6. The average Bonchev–Trinajstić information content (AvgIpc) is 1.43. The van der Waals surface area contributed by atoms with E-state index in [9.17, 15) is 63.6 Å². The summed E-state index contributed by atoms with van der Waals surface area (Å²) >= 11 is 0. The van der Waals surface area contributed by atoms with E-state index in [1.165, 1.54) is 71.4 Å². The number of fused-ring (bicyclic) bond motifs is 2. The summed E-state index contributed by atoms with van der Waals surface area (Å²) in [4.78, 5) is 141. The van der Waals surface area contributed by atoms with Gasteiger partial charge in [0.05, 0.1) is 61.9 Å². The SMILES string of the molecule is CO[C@H]1/C=C/O[C@@]2(C)Oc3c(C)c(O)c4c(=O)c(c5oc6cc(N7CC[C@@H]([N+](C)(C)Cc8ccc(NC(=O)[C@H](CCCNC(N)=O)CC(=O)[C@@H](NC(=O)CCCCCN9C(=O)C=CC9=O)C(C)C)cc8)C7)cc(=O)c6nc5c4c3=C2O)NC(=O)/C(C)=C\C=C\[C@H](C)[C@H](O)[C@@H](C)[C@@H](O)[C@@H](C)[C@H](OC(C)=O)[C@@H]1C. The molecule has 4 aliphatic rings. The first kappa shape index (κ1) is 80.1. The molecular formula is C78H100N9O19+. The third-order valence-corrected chi connectivity index (χ3v) is 21.1. The fourth-order valence-corrected chi connectivity index (χ4v) is 14.6. The average molecular weight is 1470 g/mol. The van der Waals surface area contributed by atoms with E-state index in [4.69, 9.17) is 34.1 Å². The zero-order chi connectivity index (χ0) is 77.5. The molecule has 5 heterocycles. The molecule has 0 saturated carbocycles. The highest BCUT2D eigenvalue weighted by molar-refractivity contribution is 6.17. The summed E-state index contributed by atoms with van der Waals surface area (Å²) in [5.41, 5.74) is 4.61. The van der Waals surface area contributed by atoms with Crippen molar-refractivity contribution in [3.8, 4) is 11.5 Å². The van der Waals surface area contributed by atoms with Crippen LogP contribution >= 0.6 is 0 Å². The first-order valence-electron chi connectivity index (χ1n) is 36.1. The lowest BCUT2D eigenvalue weighted by atomic mass is 9.78. The number of hydrogen-bond acceptors (Lipinski definition) is 21. The number of ketones is 1. The zero-order valence-corrected chi connectivity index (χ0v) is 62.4. The first-order valence-corrected chi connectivity index (χ1v) is 36.1. The van der Waals surface area contributed by atoms with Crippen molar-refractivity contribution in [2.24, 2.45) is 41.2 Å². The van der Waals surface area contributed by atoms with Crippen LogP contribution in [-0.4, -0.2) is 172 Å². The van der Waals surface area contributed by atoms with Crippen LogP contribution in [0.25, 0.3) is 38.7 Å². The quantitative estimate of drug-likeness (QED) is 0.00793. The van der Waals surface area contributed by atoms with Gasteiger partial charge < -0.3 is 80.2 Å². The van der Waals surface area contributed by atoms with Gasteiger partial charge in [-0.3, -0.25) is 48.1 Å². The number of Topliss-reactive ketones (excluding diaryl/α,β-unsaturated/α-hetero) is 1. The topological polar surface area (TPSA) is 395 Å². The number of aromatic hydroxyl groups is 1. The zero-order valence-electron chi connectivity index (χ0n) is 62.4. The minimum atomic E-state index is -2.06. The number of methoxy groups -OCH3 is 1. The van der Waals surface area contributed by atoms with E-state index >= 15 is 4.79 Å². The van der Waals surface area contributed by atoms with E-state index in [2.05, 4.69) is 35.4 Å². The van der Waals surface area contributed by atoms with Crippen molar-refractivity contribution in [2.45, 2.75) is 169 Å². The Bertz CT molecular complexity index is 4530. The number of nitrogens with one attached hydrogen (secondary N) is 4. The number of aromatic nitrogens is 1. The molecule has 28 nitrogen and oxygen atoms in total. The molecule has 0 spiro atoms. The maximum Gasteiger partial charge on any atom is 0.312 e. The Balaban J connectivity index is 0.963. The Morgan fingerprint density at radius 2 is 1.58 bits per heavy atom. The van der Waals surface area contributed by atoms with E-state index in [1.54, 1.807) is 71.9 Å². The van der Waals surface area contributed by atoms with Gasteiger partial charge in [0.15, 0.2) is 28.2 Å². The number of quaternary nitrogens is 1. The molecule has 7 amide bonds. The lowest BCUT2D eigenvalue weighted by Gasteiger charge is -2.38. The van der Waals surface area contributed by atoms with Gasteiger partial charge in [-0.15, -0.1) is 0 Å². The number of hydrogen-bond donors (Lipinski definition) is 9. The van der Waals surface area contributed by atoms with Crippen LogP contribution in [0.4, 0.5) is 21.9 Å². The molecule has 106 heavy (non-hydrogen) atoms. The summed E-state index contributed by atoms with van der Waals surface area (Å²) in [5.74, 6) is -10.4. The normalized spacial score (nSPS) is 24.8. The number of imide groups is 1. The van der Waals surface area contributed by atoms with Crippen molar-refractivity contribution in [3.63, 3.8) is 0 Å². The summed E-state index contributed by atoms with van der Waals surface area (Å²) in [6.07, 6.45) is 8.43. The van der Waals surface area contributed by atoms with E-state index in [0.717, 1.165) is 10.5 Å². The molecule has 570 valence electrons. The Morgan fingerprint density at radius 3 is 2.25 bits per heavy atom. The van der Waals surface area contributed by atoms with E-state index in [1.807, 2.05) is 17.0 Å². The number of ether oxygens (including phenoxy) is 4. The third-order valence-electron chi connectivity index (χ3n) is 21.1. The molecule has 0 unspecified atom stereocenters. The Labute approximate surface area is 614 Å². The summed E-state index contributed by atoms with van der Waals surface area (Å²) in [6, 6.07) is 8.83. The molecule has 9 rings (SSSR count). The van der Waals surface area contributed by atoms with Crippen molar-refractivity contribution < 1.29 is 86.6 Å². The minimum Gasteiger partial charge on any atom is -0.507 e. The molecule has 5 aromatic rings. The number of phenols is 1. The highest BCUT2D eigenvalue weighted by Crippen LogP contribution is 2.43. The summed E-state index contributed by atoms with van der Waals surface area (Å²) < 4.78 is 31.4. The lowest BCUT2D eigenvalue weighted by Crippen LogP contribution is -2.49. The smallest absolute Gasteiger partial charge is 0.312 e. The fraction of sp³-hybridized carbons (Fsp3) is 0.500. The predicted octanol–water partition coefficient (Wildman–Crippen LogP) is 7.00. The largest absolute Gasteiger partial charge is 0.507 e. The fourth-order valence-electron chi connectivity index (χ4n) is 14.6. The molecule has 4 aliphatic heterocycles. The van der Waals surface area contributed by atoms with E-state index < -0.39 is 123 Å². The summed E-state index contributed by atoms with van der Waals surface area (Å²) in [5, 5.41) is 58.2. The molecular weight excluding hydrogens is 1370 g/mol. The molecule has 4 bridgehead atoms. The number of primary amides is 1. The predicted molar refractivity (Wildman–Crippen MR) is 398 cm³/mol. The number of carbonyl (C=O) groups is 8. The molecule has 12 atom stereocenters. The number of esters is 1. The molecule has 1 saturated heterocycles. The second-order valence-electron chi connectivity index (χ2n) is 29.6. The molecule has 4 aromatic carbocycles. The number of unbranched alkanes of at least 4 members (excludes halogenated alkanes) is 2. The Kier molecular flexibility index (Phi) is 25.4. The minimum absolute atomic E-state index is 0.00719. The Hall–Kier alpha value is -10.0. The van der Waals surface area contributed by atoms with Crippen LogP contribution in [0, 0.1) is 42.4 Å². The summed E-state index contributed by atoms with van der Waals surface area (Å²) in [6.45, 7) is 18.0. The first-order chi connectivity index (χ1) is 50.0. The number of phenolic OH excluding ortho intramolecular Hbond substituents is 1. The van der Waals surface area contributed by atoms with Gasteiger partial charge in [-0.1, -0.05) is 78.3 Å². The van der Waals surface area contributed by atoms with Gasteiger partial charge in [-0.05, 0) is 63.7 Å². The number of benzene rings is 4. The highest BCUT2D eigenvalue weighted by Gasteiger charge is 2.45. The van der Waals surface area contributed by atoms with Crippen LogP contribution in [-0.2, 0) is 54.3 Å². The molecule has 10 N–H and O–H groups in total. The number of nitrogens with zero attached hydrogens (tertiary/aromatic N) is 4. The van der Waals surface area contributed by atoms with Gasteiger partial charge >= 0.3 is 17.8 Å². The van der Waals surface area contributed by atoms with Gasteiger partial charge in [0.1, 0.15) is 41.4 Å². The van der Waals surface area contributed by atoms with Crippen molar-refractivity contribution in [1.82, 2.24) is 20.5 Å². The van der Waals surface area contributed by atoms with Crippen LogP contribution in [0.5, 0.6) is 11.5 Å². The number of aliphatic hydroxyl groups is 3. The third kappa shape index (κ3) is 17.7. The van der Waals surface area contributed by atoms with Gasteiger partial charge in [0.25, 0.3) is 17.7 Å². The van der Waals surface area contributed by atoms with Crippen molar-refractivity contribution in [1.29, 1.82) is 0 Å². The monoisotopic (exact) mass is 1470 g/mol. The molecule has 0 radical (unpaired) electrons. The number of anilines is 3. The number of likely N-dealkylation sites (N-methyl/N-ethyl adjacent to an activating group) is 1. The van der Waals surface area contributed by atoms with Gasteiger partial charge in [-0.2, -0.15) is 0 Å². The number of aliphatic hydroxyl groups excluding tert-OH is 3. The van der Waals surface area contributed by atoms with Crippen molar-refractivity contribution in [3.05, 3.63) is 121 Å². The van der Waals surface area contributed by atoms with Crippen LogP contribution in [0.1, 0.15) is 125 Å². The number of allylic oxidation sites excluding steroid dienone is 2. The number of amides is 7. The second kappa shape index (κ2) is 33.6. The Morgan fingerprint density at radius 1 is 0.887 bits per heavy atom. The maximum absolute atomic E-state index is 15.2. The van der Waals surface area contributed by atoms with Crippen LogP contribution in [0.15, 0.2) is 98.7 Å². The molecule has 28 heteroatoms. The maximum atomic E-state index is 15.2. The van der Waals surface area contributed by atoms with Crippen LogP contribution in [0.3, 0.4) is 0 Å². The van der Waals surface area contributed by atoms with Crippen LogP contribution in [0.2, 0.25) is 0 Å². The van der Waals surface area contributed by atoms with Gasteiger partial charge in [0, 0.05) is 147 Å². The number of urea groups is 1. The van der Waals surface area contributed by atoms with Crippen molar-refractivity contribution in [2.75, 3.05) is 62.9 Å². The lowest BCUT2D eigenvalue weighted by molar-refractivity contribution is -0.925. The molecule has 1 fully saturated rings.